The van der Waals surface area contributed by atoms with Crippen molar-refractivity contribution in [3.05, 3.63) is 303 Å². The number of benzene rings is 10. The molecule has 0 N–H and O–H groups in total. The van der Waals surface area contributed by atoms with Crippen molar-refractivity contribution in [3.63, 3.8) is 0 Å². The highest BCUT2D eigenvalue weighted by Gasteiger charge is 2.72. The van der Waals surface area contributed by atoms with Gasteiger partial charge in [0.2, 0.25) is 11.3 Å². The molecule has 0 bridgehead atoms. The van der Waals surface area contributed by atoms with E-state index in [-0.39, 0.29) is 74.0 Å². The zero-order chi connectivity index (χ0) is 69.2. The standard InChI is InChI=1S/C76H48F6N4O7.O3S/c1-46-21-36-58(61(40-46)72(87)49-13-5-4-6-14-49)51-24-37-60(62(42-51)73(88)50-22-29-56(30-23-50)92-71-20-7-8-39-86-71)59-15-10-17-68(64(59)44-84)91-57-35-38-66(48(3)41-57)93-70-19-11-18-69(65(70)45-85)90-55-33-27-53(28-34-55)74(75(77,78)79,76(80,81)82)52-25-31-54(32-26-52)89-67-16-9-12-47(2)63(67)43-83;1-4(2)3/h4-42H,1-3H3;. The van der Waals surface area contributed by atoms with Crippen LogP contribution in [0.3, 0.4) is 0 Å². The molecule has 0 aliphatic carbocycles. The number of carbonyl (C=O) groups excluding carboxylic acids is 2. The van der Waals surface area contributed by atoms with Crippen molar-refractivity contribution >= 4 is 22.2 Å². The Hall–Kier alpha value is -12.6. The molecule has 0 amide bonds. The van der Waals surface area contributed by atoms with Crippen LogP contribution < -0.4 is 23.7 Å². The van der Waals surface area contributed by atoms with Crippen LogP contribution in [0.1, 0.15) is 76.4 Å². The summed E-state index contributed by atoms with van der Waals surface area (Å²) in [6.45, 7) is 5.23. The highest BCUT2D eigenvalue weighted by Crippen LogP contribution is 2.57. The Kier molecular flexibility index (Phi) is 19.9. The van der Waals surface area contributed by atoms with Crippen LogP contribution in [0.15, 0.2) is 237 Å². The average Bonchev–Trinajstić information content (AvgIpc) is 0.719. The van der Waals surface area contributed by atoms with Crippen molar-refractivity contribution < 1.29 is 72.2 Å². The lowest BCUT2D eigenvalue weighted by atomic mass is 9.73. The number of nitrogens with zero attached hydrogens (tertiary/aromatic N) is 4. The molecular weight excluding hydrogens is 1270 g/mol. The molecule has 11 rings (SSSR count). The number of alkyl halides is 6. The van der Waals surface area contributed by atoms with Gasteiger partial charge < -0.3 is 23.7 Å². The smallest absolute Gasteiger partial charge is 0.425 e. The molecule has 14 nitrogen and oxygen atoms in total. The quantitative estimate of drug-likeness (QED) is 0.0577. The minimum Gasteiger partial charge on any atom is -0.456 e. The highest BCUT2D eigenvalue weighted by atomic mass is 32.2. The third-order valence-corrected chi connectivity index (χ3v) is 15.4. The van der Waals surface area contributed by atoms with E-state index in [9.17, 15) is 25.4 Å². The maximum Gasteiger partial charge on any atom is 0.425 e. The van der Waals surface area contributed by atoms with Gasteiger partial charge in [0.1, 0.15) is 81.1 Å². The van der Waals surface area contributed by atoms with Crippen LogP contribution in [0.25, 0.3) is 22.3 Å². The summed E-state index contributed by atoms with van der Waals surface area (Å²) < 4.78 is 147. The molecule has 0 fully saturated rings. The second-order valence-corrected chi connectivity index (χ2v) is 22.0. The van der Waals surface area contributed by atoms with E-state index < -0.39 is 45.3 Å². The molecule has 0 radical (unpaired) electrons. The number of nitriles is 3. The van der Waals surface area contributed by atoms with Gasteiger partial charge in [-0.3, -0.25) is 9.59 Å². The first kappa shape index (κ1) is 67.3. The van der Waals surface area contributed by atoms with Crippen molar-refractivity contribution in [1.29, 1.82) is 15.8 Å². The van der Waals surface area contributed by atoms with Crippen LogP contribution >= 0.6 is 0 Å². The van der Waals surface area contributed by atoms with E-state index in [1.54, 1.807) is 154 Å². The molecule has 1 heterocycles. The van der Waals surface area contributed by atoms with Gasteiger partial charge in [0.05, 0.1) is 5.56 Å². The molecule has 0 aliphatic rings. The van der Waals surface area contributed by atoms with E-state index >= 15 is 26.3 Å². The van der Waals surface area contributed by atoms with Crippen LogP contribution in [0.2, 0.25) is 0 Å². The molecular formula is C76H48F6N4O10S. The molecule has 10 aromatic carbocycles. The highest BCUT2D eigenvalue weighted by molar-refractivity contribution is 7.59. The summed E-state index contributed by atoms with van der Waals surface area (Å²) in [6.07, 6.45) is -10.2. The first-order valence-corrected chi connectivity index (χ1v) is 30.1. The van der Waals surface area contributed by atoms with Crippen LogP contribution in [0.5, 0.6) is 57.6 Å². The Morgan fingerprint density at radius 2 is 0.876 bits per heavy atom. The van der Waals surface area contributed by atoms with Gasteiger partial charge in [0.25, 0.3) is 0 Å². The van der Waals surface area contributed by atoms with Crippen LogP contribution in [-0.2, 0) is 16.0 Å². The molecule has 0 aliphatic heterocycles. The van der Waals surface area contributed by atoms with E-state index in [2.05, 4.69) is 11.1 Å². The molecule has 0 unspecified atom stereocenters. The van der Waals surface area contributed by atoms with E-state index in [1.807, 2.05) is 43.3 Å². The summed E-state index contributed by atoms with van der Waals surface area (Å²) in [4.78, 5) is 33.3. The predicted octanol–water partition coefficient (Wildman–Crippen LogP) is 18.8. The summed E-state index contributed by atoms with van der Waals surface area (Å²) in [6, 6.07) is 62.9. The lowest BCUT2D eigenvalue weighted by Gasteiger charge is -2.38. The molecule has 0 saturated heterocycles. The summed E-state index contributed by atoms with van der Waals surface area (Å²) in [5.41, 5.74) is -1.51. The predicted molar refractivity (Wildman–Crippen MR) is 345 cm³/mol. The van der Waals surface area contributed by atoms with Crippen molar-refractivity contribution in [3.8, 4) is 98.1 Å². The molecule has 21 heteroatoms. The number of ether oxygens (including phenoxy) is 5. The minimum atomic E-state index is -5.91. The third kappa shape index (κ3) is 14.6. The zero-order valence-electron chi connectivity index (χ0n) is 51.1. The maximum absolute atomic E-state index is 15.2. The lowest BCUT2D eigenvalue weighted by Crippen LogP contribution is -2.54. The van der Waals surface area contributed by atoms with Crippen molar-refractivity contribution in [2.45, 2.75) is 38.5 Å². The van der Waals surface area contributed by atoms with Crippen LogP contribution in [0.4, 0.5) is 26.3 Å². The fourth-order valence-corrected chi connectivity index (χ4v) is 10.8. The van der Waals surface area contributed by atoms with E-state index in [0.29, 0.717) is 86.0 Å². The van der Waals surface area contributed by atoms with Crippen LogP contribution in [-0.4, -0.2) is 41.5 Å². The van der Waals surface area contributed by atoms with Gasteiger partial charge in [0, 0.05) is 40.1 Å². The van der Waals surface area contributed by atoms with Gasteiger partial charge >= 0.3 is 23.0 Å². The van der Waals surface area contributed by atoms with Crippen molar-refractivity contribution in [2.75, 3.05) is 0 Å². The number of rotatable bonds is 18. The summed E-state index contributed by atoms with van der Waals surface area (Å²) in [7, 11) is -3.11. The normalized spacial score (nSPS) is 11.1. The van der Waals surface area contributed by atoms with E-state index in [1.165, 1.54) is 24.3 Å². The summed E-state index contributed by atoms with van der Waals surface area (Å²) in [5, 5.41) is 30.9. The van der Waals surface area contributed by atoms with Gasteiger partial charge in [0.15, 0.2) is 11.6 Å². The topological polar surface area (TPSA) is 216 Å². The fraction of sp³-hybridized carbons (Fsp3) is 0.0789. The molecule has 0 saturated carbocycles. The Balaban J connectivity index is 0.00000248. The SMILES string of the molecule is Cc1ccc(-c2ccc(-c3cccc(Oc4ccc(Oc5cccc(Oc6ccc(C(c7ccc(Oc8cccc(C)c8C#N)cc7)(C(F)(F)F)C(F)(F)F)cc6)c5C#N)c(C)c4)c3C#N)c(C(=O)c3ccc(Oc4ccccn4)cc3)c2)c(C(=O)c2ccccc2)c1.O=S(=O)=O. The van der Waals surface area contributed by atoms with Gasteiger partial charge in [-0.1, -0.05) is 121 Å². The van der Waals surface area contributed by atoms with Crippen LogP contribution in [0, 0.1) is 54.8 Å². The second-order valence-electron chi connectivity index (χ2n) is 21.6. The Morgan fingerprint density at radius 1 is 0.402 bits per heavy atom. The molecule has 0 spiro atoms. The van der Waals surface area contributed by atoms with E-state index in [4.69, 9.17) is 36.3 Å². The number of aryl methyl sites for hydroxylation is 3. The number of halogens is 6. The number of aromatic nitrogens is 1. The Morgan fingerprint density at radius 3 is 1.43 bits per heavy atom. The number of carbonyl (C=O) groups is 2. The number of hydrogen-bond donors (Lipinski definition) is 0. The van der Waals surface area contributed by atoms with Crippen molar-refractivity contribution in [1.82, 2.24) is 4.98 Å². The fourth-order valence-electron chi connectivity index (χ4n) is 10.8. The Bertz CT molecular complexity index is 5040. The molecule has 11 aromatic rings. The van der Waals surface area contributed by atoms with Gasteiger partial charge in [-0.05, 0) is 169 Å². The second kappa shape index (κ2) is 28.7. The molecule has 1 aromatic heterocycles. The van der Waals surface area contributed by atoms with Crippen molar-refractivity contribution in [2.24, 2.45) is 0 Å². The van der Waals surface area contributed by atoms with Gasteiger partial charge in [-0.15, -0.1) is 12.6 Å². The lowest BCUT2D eigenvalue weighted by molar-refractivity contribution is -0.288. The first-order valence-electron chi connectivity index (χ1n) is 29.1. The largest absolute Gasteiger partial charge is 0.456 e. The average molecular weight is 1320 g/mol. The summed E-state index contributed by atoms with van der Waals surface area (Å²) >= 11 is 0. The Labute approximate surface area is 552 Å². The molecule has 97 heavy (non-hydrogen) atoms. The monoisotopic (exact) mass is 1320 g/mol. The minimum absolute atomic E-state index is 0.0128. The number of pyridine rings is 1. The zero-order valence-corrected chi connectivity index (χ0v) is 51.9. The number of hydrogen-bond acceptors (Lipinski definition) is 14. The van der Waals surface area contributed by atoms with E-state index in [0.717, 1.165) is 29.8 Å². The third-order valence-electron chi connectivity index (χ3n) is 15.4. The maximum atomic E-state index is 15.2. The van der Waals surface area contributed by atoms with Gasteiger partial charge in [-0.2, -0.15) is 42.1 Å². The number of ketones is 2. The molecule has 0 atom stereocenters. The first-order chi connectivity index (χ1) is 46.5. The van der Waals surface area contributed by atoms with Gasteiger partial charge in [-0.25, -0.2) is 4.98 Å². The summed E-state index contributed by atoms with van der Waals surface area (Å²) in [5.74, 6) is 0.463. The molecule has 480 valence electrons.